The maximum Gasteiger partial charge on any atom is 0.122 e. The average molecular weight is 260 g/mol. The number of hydrogen-bond donors (Lipinski definition) is 1. The quantitative estimate of drug-likeness (QED) is 0.921. The van der Waals surface area contributed by atoms with Gasteiger partial charge in [-0.2, -0.15) is 0 Å². The maximum absolute atomic E-state index is 5.81. The van der Waals surface area contributed by atoms with Gasteiger partial charge in [0.1, 0.15) is 5.75 Å². The van der Waals surface area contributed by atoms with Crippen LogP contribution < -0.4 is 10.1 Å². The van der Waals surface area contributed by atoms with Crippen molar-refractivity contribution in [3.63, 3.8) is 0 Å². The molecule has 0 fully saturated rings. The van der Waals surface area contributed by atoms with E-state index in [1.165, 1.54) is 15.4 Å². The van der Waals surface area contributed by atoms with E-state index in [0.717, 1.165) is 25.3 Å². The van der Waals surface area contributed by atoms with Crippen molar-refractivity contribution in [2.45, 2.75) is 18.9 Å². The number of para-hydroxylation sites is 1. The molecule has 0 saturated carbocycles. The minimum absolute atomic E-state index is 0.399. The van der Waals surface area contributed by atoms with Gasteiger partial charge in [-0.1, -0.05) is 18.2 Å². The highest BCUT2D eigenvalue weighted by Gasteiger charge is 2.23. The number of thiazole rings is 1. The Hall–Kier alpha value is -1.39. The zero-order valence-electron chi connectivity index (χ0n) is 10.3. The van der Waals surface area contributed by atoms with Crippen LogP contribution in [0.4, 0.5) is 0 Å². The second kappa shape index (κ2) is 5.08. The molecule has 1 unspecified atom stereocenters. The van der Waals surface area contributed by atoms with Crippen LogP contribution in [0.3, 0.4) is 0 Å². The van der Waals surface area contributed by atoms with Gasteiger partial charge in [0.2, 0.25) is 0 Å². The highest BCUT2D eigenvalue weighted by Crippen LogP contribution is 2.33. The van der Waals surface area contributed by atoms with Crippen LogP contribution in [0, 0.1) is 0 Å². The molecule has 4 heteroatoms. The van der Waals surface area contributed by atoms with Crippen LogP contribution in [0.25, 0.3) is 0 Å². The smallest absolute Gasteiger partial charge is 0.122 e. The Balaban J connectivity index is 1.78. The van der Waals surface area contributed by atoms with Gasteiger partial charge in [-0.15, -0.1) is 11.3 Å². The first-order valence-electron chi connectivity index (χ1n) is 6.16. The van der Waals surface area contributed by atoms with E-state index in [1.54, 1.807) is 11.3 Å². The third-order valence-corrected chi connectivity index (χ3v) is 4.31. The summed E-state index contributed by atoms with van der Waals surface area (Å²) in [6.07, 6.45) is 3.00. The van der Waals surface area contributed by atoms with E-state index >= 15 is 0 Å². The first-order chi connectivity index (χ1) is 8.86. The van der Waals surface area contributed by atoms with Gasteiger partial charge >= 0.3 is 0 Å². The van der Waals surface area contributed by atoms with Gasteiger partial charge in [0.05, 0.1) is 11.6 Å². The predicted molar refractivity (Wildman–Crippen MR) is 73.3 cm³/mol. The SMILES string of the molecule is CNCc1cnc(C2COc3ccccc3C2)s1. The van der Waals surface area contributed by atoms with E-state index in [9.17, 15) is 0 Å². The summed E-state index contributed by atoms with van der Waals surface area (Å²) in [5.74, 6) is 1.43. The largest absolute Gasteiger partial charge is 0.493 e. The molecule has 0 amide bonds. The Morgan fingerprint density at radius 2 is 2.33 bits per heavy atom. The molecule has 0 aliphatic carbocycles. The van der Waals surface area contributed by atoms with Crippen LogP contribution in [0.5, 0.6) is 5.75 Å². The van der Waals surface area contributed by atoms with Crippen molar-refractivity contribution in [1.82, 2.24) is 10.3 Å². The van der Waals surface area contributed by atoms with Gasteiger partial charge in [0, 0.05) is 23.5 Å². The van der Waals surface area contributed by atoms with Gasteiger partial charge in [-0.3, -0.25) is 0 Å². The minimum atomic E-state index is 0.399. The molecule has 1 aliphatic rings. The van der Waals surface area contributed by atoms with Crippen molar-refractivity contribution in [1.29, 1.82) is 0 Å². The third-order valence-electron chi connectivity index (χ3n) is 3.15. The average Bonchev–Trinajstić information content (AvgIpc) is 2.87. The highest BCUT2D eigenvalue weighted by molar-refractivity contribution is 7.11. The lowest BCUT2D eigenvalue weighted by Crippen LogP contribution is -2.18. The highest BCUT2D eigenvalue weighted by atomic mass is 32.1. The molecule has 0 spiro atoms. The van der Waals surface area contributed by atoms with E-state index in [-0.39, 0.29) is 0 Å². The summed E-state index contributed by atoms with van der Waals surface area (Å²) in [4.78, 5) is 5.81. The Morgan fingerprint density at radius 1 is 1.44 bits per heavy atom. The van der Waals surface area contributed by atoms with Crippen molar-refractivity contribution in [2.24, 2.45) is 0 Å². The number of aromatic nitrogens is 1. The van der Waals surface area contributed by atoms with Gasteiger partial charge in [-0.05, 0) is 25.1 Å². The molecule has 0 saturated heterocycles. The number of nitrogens with one attached hydrogen (secondary N) is 1. The molecule has 1 N–H and O–H groups in total. The van der Waals surface area contributed by atoms with E-state index in [1.807, 2.05) is 25.4 Å². The standard InChI is InChI=1S/C14H16N2OS/c1-15-7-12-8-16-14(18-12)11-6-10-4-2-3-5-13(10)17-9-11/h2-5,8,11,15H,6-7,9H2,1H3. The molecule has 94 valence electrons. The van der Waals surface area contributed by atoms with Gasteiger partial charge < -0.3 is 10.1 Å². The molecule has 3 nitrogen and oxygen atoms in total. The van der Waals surface area contributed by atoms with Crippen LogP contribution in [-0.4, -0.2) is 18.6 Å². The summed E-state index contributed by atoms with van der Waals surface area (Å²) in [6, 6.07) is 8.27. The molecule has 1 aromatic carbocycles. The lowest BCUT2D eigenvalue weighted by Gasteiger charge is -2.23. The number of benzene rings is 1. The van der Waals surface area contributed by atoms with Crippen LogP contribution in [0.1, 0.15) is 21.4 Å². The first-order valence-corrected chi connectivity index (χ1v) is 6.98. The monoisotopic (exact) mass is 260 g/mol. The fourth-order valence-electron chi connectivity index (χ4n) is 2.25. The van der Waals surface area contributed by atoms with E-state index in [2.05, 4.69) is 22.4 Å². The summed E-state index contributed by atoms with van der Waals surface area (Å²) < 4.78 is 5.81. The first kappa shape index (κ1) is 11.7. The lowest BCUT2D eigenvalue weighted by molar-refractivity contribution is 0.262. The Bertz CT molecular complexity index is 538. The van der Waals surface area contributed by atoms with Crippen LogP contribution in [0.2, 0.25) is 0 Å². The van der Waals surface area contributed by atoms with E-state index in [4.69, 9.17) is 4.74 Å². The number of nitrogens with zero attached hydrogens (tertiary/aromatic N) is 1. The summed E-state index contributed by atoms with van der Waals surface area (Å²) in [5, 5.41) is 4.34. The minimum Gasteiger partial charge on any atom is -0.493 e. The number of ether oxygens (including phenoxy) is 1. The van der Waals surface area contributed by atoms with Crippen molar-refractivity contribution < 1.29 is 4.74 Å². The number of hydrogen-bond acceptors (Lipinski definition) is 4. The van der Waals surface area contributed by atoms with Crippen LogP contribution in [-0.2, 0) is 13.0 Å². The molecule has 1 atom stereocenters. The zero-order valence-corrected chi connectivity index (χ0v) is 11.2. The van der Waals surface area contributed by atoms with Crippen molar-refractivity contribution in [3.8, 4) is 5.75 Å². The second-order valence-electron chi connectivity index (χ2n) is 4.51. The summed E-state index contributed by atoms with van der Waals surface area (Å²) in [6.45, 7) is 1.63. The van der Waals surface area contributed by atoms with Gasteiger partial charge in [0.15, 0.2) is 0 Å². The van der Waals surface area contributed by atoms with Gasteiger partial charge in [-0.25, -0.2) is 4.98 Å². The fourth-order valence-corrected chi connectivity index (χ4v) is 3.27. The van der Waals surface area contributed by atoms with Crippen molar-refractivity contribution in [2.75, 3.05) is 13.7 Å². The topological polar surface area (TPSA) is 34.2 Å². The molecule has 1 aliphatic heterocycles. The normalized spacial score (nSPS) is 18.2. The van der Waals surface area contributed by atoms with Gasteiger partial charge in [0.25, 0.3) is 0 Å². The molecule has 0 radical (unpaired) electrons. The fraction of sp³-hybridized carbons (Fsp3) is 0.357. The van der Waals surface area contributed by atoms with E-state index in [0.29, 0.717) is 5.92 Å². The molecule has 3 rings (SSSR count). The lowest BCUT2D eigenvalue weighted by atomic mass is 9.97. The molecule has 1 aromatic heterocycles. The van der Waals surface area contributed by atoms with Crippen molar-refractivity contribution in [3.05, 3.63) is 45.9 Å². The van der Waals surface area contributed by atoms with E-state index < -0.39 is 0 Å². The molecule has 0 bridgehead atoms. The summed E-state index contributed by atoms with van der Waals surface area (Å²) in [5.41, 5.74) is 1.29. The summed E-state index contributed by atoms with van der Waals surface area (Å²) in [7, 11) is 1.96. The zero-order chi connectivity index (χ0) is 12.4. The Morgan fingerprint density at radius 3 is 3.22 bits per heavy atom. The van der Waals surface area contributed by atoms with Crippen molar-refractivity contribution >= 4 is 11.3 Å². The summed E-state index contributed by atoms with van der Waals surface area (Å²) >= 11 is 1.79. The maximum atomic E-state index is 5.81. The third kappa shape index (κ3) is 2.26. The molecule has 18 heavy (non-hydrogen) atoms. The molecular formula is C14H16N2OS. The number of rotatable bonds is 3. The molecular weight excluding hydrogens is 244 g/mol. The Kier molecular flexibility index (Phi) is 3.30. The molecule has 2 heterocycles. The van der Waals surface area contributed by atoms with Crippen LogP contribution in [0.15, 0.2) is 30.5 Å². The predicted octanol–water partition coefficient (Wildman–Crippen LogP) is 2.58. The Labute approximate surface area is 111 Å². The second-order valence-corrected chi connectivity index (χ2v) is 5.66. The molecule has 2 aromatic rings. The number of fused-ring (bicyclic) bond motifs is 1. The van der Waals surface area contributed by atoms with Crippen LogP contribution >= 0.6 is 11.3 Å².